The topological polar surface area (TPSA) is 6.48 Å². The second kappa shape index (κ2) is 5.66. The van der Waals surface area contributed by atoms with E-state index in [2.05, 4.69) is 30.9 Å². The summed E-state index contributed by atoms with van der Waals surface area (Å²) < 4.78 is 2.43. The highest BCUT2D eigenvalue weighted by atomic mass is 127. The van der Waals surface area contributed by atoms with E-state index in [1.807, 2.05) is 0 Å². The maximum atomic E-state index is 2.69. The molecule has 0 radical (unpaired) electrons. The van der Waals surface area contributed by atoms with Crippen molar-refractivity contribution in [3.63, 3.8) is 0 Å². The molecule has 0 aromatic rings. The summed E-state index contributed by atoms with van der Waals surface area (Å²) in [5.74, 6) is 0.985. The minimum atomic E-state index is 0.985. The molecule has 0 saturated carbocycles. The van der Waals surface area contributed by atoms with Crippen molar-refractivity contribution in [3.8, 4) is 0 Å². The molecule has 0 spiro atoms. The van der Waals surface area contributed by atoms with Crippen LogP contribution < -0.4 is 0 Å². The first kappa shape index (κ1) is 11.1. The predicted octanol–water partition coefficient (Wildman–Crippen LogP) is 2.53. The molecule has 2 fully saturated rings. The highest BCUT2D eigenvalue weighted by Crippen LogP contribution is 2.21. The van der Waals surface area contributed by atoms with Crippen LogP contribution >= 0.6 is 22.9 Å². The summed E-state index contributed by atoms with van der Waals surface area (Å²) in [6.07, 6.45) is 7.16. The van der Waals surface area contributed by atoms with Crippen LogP contribution in [-0.2, 0) is 0 Å². The van der Waals surface area contributed by atoms with Gasteiger partial charge < -0.3 is 4.90 Å². The maximum absolute atomic E-state index is 2.69. The summed E-state index contributed by atoms with van der Waals surface area (Å²) in [6.45, 7) is 6.72. The molecule has 0 bridgehead atoms. The molecule has 0 amide bonds. The number of likely N-dealkylation sites (tertiary alicyclic amines) is 1. The van der Waals surface area contributed by atoms with E-state index < -0.39 is 0 Å². The zero-order valence-electron chi connectivity index (χ0n) is 8.92. The second-order valence-corrected chi connectivity index (χ2v) is 6.08. The van der Waals surface area contributed by atoms with Gasteiger partial charge in [-0.05, 0) is 44.7 Å². The molecule has 0 N–H and O–H groups in total. The van der Waals surface area contributed by atoms with Crippen LogP contribution in [0.4, 0.5) is 0 Å². The standard InChI is InChI=1S/C11H21IN2/c12-14-8-4-11(5-9-14)10-13-6-2-1-3-7-13/h11H,1-10H2. The lowest BCUT2D eigenvalue weighted by Crippen LogP contribution is -2.37. The monoisotopic (exact) mass is 308 g/mol. The van der Waals surface area contributed by atoms with E-state index in [-0.39, 0.29) is 0 Å². The highest BCUT2D eigenvalue weighted by Gasteiger charge is 2.20. The largest absolute Gasteiger partial charge is 0.303 e. The molecule has 2 heterocycles. The Hall–Kier alpha value is 0.650. The van der Waals surface area contributed by atoms with Crippen molar-refractivity contribution in [2.45, 2.75) is 32.1 Å². The van der Waals surface area contributed by atoms with Gasteiger partial charge in [0.15, 0.2) is 0 Å². The lowest BCUT2D eigenvalue weighted by atomic mass is 9.96. The molecule has 2 nitrogen and oxygen atoms in total. The summed E-state index contributed by atoms with van der Waals surface area (Å²) >= 11 is 2.46. The van der Waals surface area contributed by atoms with Gasteiger partial charge in [0, 0.05) is 42.5 Å². The Balaban J connectivity index is 1.68. The molecule has 3 heteroatoms. The van der Waals surface area contributed by atoms with Crippen molar-refractivity contribution in [1.82, 2.24) is 8.01 Å². The molecule has 0 aromatic heterocycles. The van der Waals surface area contributed by atoms with Crippen molar-refractivity contribution in [3.05, 3.63) is 0 Å². The molecule has 14 heavy (non-hydrogen) atoms. The highest BCUT2D eigenvalue weighted by molar-refractivity contribution is 14.1. The number of nitrogens with zero attached hydrogens (tertiary/aromatic N) is 2. The average Bonchev–Trinajstić information content (AvgIpc) is 2.23. The van der Waals surface area contributed by atoms with E-state index in [1.165, 1.54) is 64.8 Å². The summed E-state index contributed by atoms with van der Waals surface area (Å²) in [5, 5.41) is 0. The summed E-state index contributed by atoms with van der Waals surface area (Å²) in [5.41, 5.74) is 0. The second-order valence-electron chi connectivity index (χ2n) is 4.71. The van der Waals surface area contributed by atoms with Crippen LogP contribution in [0.5, 0.6) is 0 Å². The van der Waals surface area contributed by atoms with Crippen molar-refractivity contribution in [2.75, 3.05) is 32.7 Å². The van der Waals surface area contributed by atoms with Crippen molar-refractivity contribution in [1.29, 1.82) is 0 Å². The fourth-order valence-electron chi connectivity index (χ4n) is 2.59. The Labute approximate surface area is 102 Å². The van der Waals surface area contributed by atoms with Gasteiger partial charge in [0.05, 0.1) is 0 Å². The van der Waals surface area contributed by atoms with Gasteiger partial charge in [-0.15, -0.1) is 0 Å². The van der Waals surface area contributed by atoms with Crippen LogP contribution in [0.25, 0.3) is 0 Å². The first-order valence-electron chi connectivity index (χ1n) is 5.97. The Morgan fingerprint density at radius 3 is 2.21 bits per heavy atom. The summed E-state index contributed by atoms with van der Waals surface area (Å²) in [7, 11) is 0. The predicted molar refractivity (Wildman–Crippen MR) is 68.6 cm³/mol. The molecule has 2 saturated heterocycles. The maximum Gasteiger partial charge on any atom is 0.0201 e. The SMILES string of the molecule is IN1CCC(CN2CCCCC2)CC1. The Kier molecular flexibility index (Phi) is 4.50. The fraction of sp³-hybridized carbons (Fsp3) is 1.00. The van der Waals surface area contributed by atoms with E-state index in [9.17, 15) is 0 Å². The minimum absolute atomic E-state index is 0.985. The zero-order chi connectivity index (χ0) is 9.80. The normalized spacial score (nSPS) is 28.1. The molecule has 0 aliphatic carbocycles. The van der Waals surface area contributed by atoms with Crippen LogP contribution in [0.1, 0.15) is 32.1 Å². The average molecular weight is 308 g/mol. The van der Waals surface area contributed by atoms with E-state index >= 15 is 0 Å². The van der Waals surface area contributed by atoms with Gasteiger partial charge in [0.1, 0.15) is 0 Å². The van der Waals surface area contributed by atoms with Crippen LogP contribution in [0.15, 0.2) is 0 Å². The van der Waals surface area contributed by atoms with Gasteiger partial charge >= 0.3 is 0 Å². The molecule has 2 aliphatic rings. The number of rotatable bonds is 2. The summed E-state index contributed by atoms with van der Waals surface area (Å²) in [6, 6.07) is 0. The van der Waals surface area contributed by atoms with Gasteiger partial charge in [-0.25, -0.2) is 3.11 Å². The van der Waals surface area contributed by atoms with E-state index in [0.29, 0.717) is 0 Å². The quantitative estimate of drug-likeness (QED) is 0.571. The summed E-state index contributed by atoms with van der Waals surface area (Å²) in [4.78, 5) is 2.69. The first-order valence-corrected chi connectivity index (χ1v) is 6.94. The third-order valence-corrected chi connectivity index (χ3v) is 4.49. The molecular formula is C11H21IN2. The van der Waals surface area contributed by atoms with Crippen LogP contribution in [-0.4, -0.2) is 40.7 Å². The molecule has 82 valence electrons. The molecule has 0 atom stereocenters. The van der Waals surface area contributed by atoms with Gasteiger partial charge in [0.2, 0.25) is 0 Å². The number of halogens is 1. The van der Waals surface area contributed by atoms with Crippen molar-refractivity contribution < 1.29 is 0 Å². The number of piperidine rings is 2. The first-order chi connectivity index (χ1) is 6.84. The molecule has 2 rings (SSSR count). The van der Waals surface area contributed by atoms with E-state index in [4.69, 9.17) is 0 Å². The molecule has 2 aliphatic heterocycles. The van der Waals surface area contributed by atoms with Crippen molar-refractivity contribution >= 4 is 22.9 Å². The van der Waals surface area contributed by atoms with Crippen molar-refractivity contribution in [2.24, 2.45) is 5.92 Å². The third-order valence-electron chi connectivity index (χ3n) is 3.53. The molecule has 0 unspecified atom stereocenters. The zero-order valence-corrected chi connectivity index (χ0v) is 11.1. The number of hydrogen-bond acceptors (Lipinski definition) is 2. The van der Waals surface area contributed by atoms with Crippen LogP contribution in [0.2, 0.25) is 0 Å². The lowest BCUT2D eigenvalue weighted by molar-refractivity contribution is 0.167. The van der Waals surface area contributed by atoms with Crippen LogP contribution in [0.3, 0.4) is 0 Å². The molecular weight excluding hydrogens is 287 g/mol. The Morgan fingerprint density at radius 1 is 0.929 bits per heavy atom. The third kappa shape index (κ3) is 3.35. The van der Waals surface area contributed by atoms with Gasteiger partial charge in [0.25, 0.3) is 0 Å². The lowest BCUT2D eigenvalue weighted by Gasteiger charge is -2.34. The fourth-order valence-corrected chi connectivity index (χ4v) is 3.15. The number of hydrogen-bond donors (Lipinski definition) is 0. The smallest absolute Gasteiger partial charge is 0.0201 e. The van der Waals surface area contributed by atoms with Gasteiger partial charge in [-0.1, -0.05) is 6.42 Å². The van der Waals surface area contributed by atoms with Gasteiger partial charge in [-0.2, -0.15) is 0 Å². The Bertz CT molecular complexity index is 161. The van der Waals surface area contributed by atoms with Crippen LogP contribution in [0, 0.1) is 5.92 Å². The van der Waals surface area contributed by atoms with E-state index in [0.717, 1.165) is 5.92 Å². The minimum Gasteiger partial charge on any atom is -0.303 e. The Morgan fingerprint density at radius 2 is 1.57 bits per heavy atom. The van der Waals surface area contributed by atoms with Gasteiger partial charge in [-0.3, -0.25) is 0 Å². The van der Waals surface area contributed by atoms with E-state index in [1.54, 1.807) is 0 Å². The molecule has 0 aromatic carbocycles.